The lowest BCUT2D eigenvalue weighted by Crippen LogP contribution is -2.40. The standard InChI is InChI=1S/C49H67Cl3N5O9P/c1-4-5-6-7-8-9-10-11-12-13-14-15-16-17-18-21-28-59-31-37(60-30-36-24-25-38(50)40(52)29-36)32-61-67(58,66-42-23-20-19-22-39(42)51)62-33-43-45-46(65-48(2,3)64-45)49(34-53,63-43)44-27-26-41-47(54)55-35-56-57(41)44/h19-20,22-27,29,35,37,43,45-46H,4-18,21,28,30-33H2,1-3H3,(H2,54,55,56)/t37-,43-,45-,46-,49+,67?/m1/s1. The third-order valence-corrected chi connectivity index (χ3v) is 14.4. The molecule has 6 rings (SSSR count). The van der Waals surface area contributed by atoms with Gasteiger partial charge in [0.1, 0.15) is 48.1 Å². The number of nitriles is 1. The third kappa shape index (κ3) is 15.2. The zero-order valence-electron chi connectivity index (χ0n) is 39.1. The van der Waals surface area contributed by atoms with Gasteiger partial charge in [-0.3, -0.25) is 9.05 Å². The molecule has 0 amide bonds. The van der Waals surface area contributed by atoms with Crippen LogP contribution in [0.3, 0.4) is 0 Å². The number of para-hydroxylation sites is 1. The van der Waals surface area contributed by atoms with Gasteiger partial charge in [-0.15, -0.1) is 0 Å². The number of nitrogens with two attached hydrogens (primary N) is 1. The molecule has 6 atom stereocenters. The molecule has 2 aromatic heterocycles. The molecule has 2 aliphatic heterocycles. The van der Waals surface area contributed by atoms with E-state index in [0.717, 1.165) is 24.8 Å². The maximum Gasteiger partial charge on any atom is 0.530 e. The summed E-state index contributed by atoms with van der Waals surface area (Å²) in [6.07, 6.45) is 18.3. The largest absolute Gasteiger partial charge is 0.530 e. The van der Waals surface area contributed by atoms with E-state index in [2.05, 4.69) is 23.1 Å². The maximum atomic E-state index is 14.8. The average molecular weight is 1010 g/mol. The Balaban J connectivity index is 1.06. The number of phosphoric ester groups is 1. The molecular weight excluding hydrogens is 940 g/mol. The second-order valence-electron chi connectivity index (χ2n) is 17.8. The Morgan fingerprint density at radius 2 is 1.49 bits per heavy atom. The van der Waals surface area contributed by atoms with Gasteiger partial charge in [0.25, 0.3) is 0 Å². The summed E-state index contributed by atoms with van der Waals surface area (Å²) in [6.45, 7) is 5.85. The second-order valence-corrected chi connectivity index (χ2v) is 20.6. The summed E-state index contributed by atoms with van der Waals surface area (Å²) in [4.78, 5) is 4.07. The summed E-state index contributed by atoms with van der Waals surface area (Å²) in [5.41, 5.74) is 5.96. The summed E-state index contributed by atoms with van der Waals surface area (Å²) >= 11 is 19.0. The molecule has 4 aromatic rings. The molecule has 0 radical (unpaired) electrons. The van der Waals surface area contributed by atoms with Crippen molar-refractivity contribution >= 4 is 54.0 Å². The third-order valence-electron chi connectivity index (χ3n) is 12.0. The van der Waals surface area contributed by atoms with Gasteiger partial charge in [0.2, 0.25) is 5.60 Å². The number of anilines is 1. The molecule has 67 heavy (non-hydrogen) atoms. The van der Waals surface area contributed by atoms with Crippen molar-refractivity contribution in [3.63, 3.8) is 0 Å². The number of halogens is 3. The fraction of sp³-hybridized carbons (Fsp3) is 0.612. The summed E-state index contributed by atoms with van der Waals surface area (Å²) in [6, 6.07) is 17.4. The number of nitrogen functional groups attached to an aromatic ring is 1. The van der Waals surface area contributed by atoms with Crippen LogP contribution in [-0.4, -0.2) is 71.2 Å². The van der Waals surface area contributed by atoms with Crippen molar-refractivity contribution in [1.82, 2.24) is 14.6 Å². The lowest BCUT2D eigenvalue weighted by atomic mass is 9.92. The quantitative estimate of drug-likeness (QED) is 0.0373. The van der Waals surface area contributed by atoms with Gasteiger partial charge < -0.3 is 33.9 Å². The van der Waals surface area contributed by atoms with Gasteiger partial charge in [0, 0.05) is 6.61 Å². The van der Waals surface area contributed by atoms with Crippen LogP contribution in [0, 0.1) is 11.3 Å². The Hall–Kier alpha value is -3.03. The first-order valence-electron chi connectivity index (χ1n) is 23.9. The van der Waals surface area contributed by atoms with E-state index >= 15 is 0 Å². The molecule has 2 fully saturated rings. The van der Waals surface area contributed by atoms with Crippen LogP contribution in [0.15, 0.2) is 60.9 Å². The van der Waals surface area contributed by atoms with E-state index in [4.69, 9.17) is 77.8 Å². The van der Waals surface area contributed by atoms with Crippen molar-refractivity contribution in [2.75, 3.05) is 32.2 Å². The molecule has 0 spiro atoms. The second kappa shape index (κ2) is 26.3. The highest BCUT2D eigenvalue weighted by Crippen LogP contribution is 2.54. The van der Waals surface area contributed by atoms with E-state index in [1.54, 1.807) is 62.4 Å². The van der Waals surface area contributed by atoms with Gasteiger partial charge in [-0.1, -0.05) is 156 Å². The number of hydrogen-bond acceptors (Lipinski definition) is 13. The van der Waals surface area contributed by atoms with Crippen LogP contribution >= 0.6 is 42.6 Å². The minimum absolute atomic E-state index is 0.0654. The minimum atomic E-state index is -4.55. The number of nitrogens with zero attached hydrogens (tertiary/aromatic N) is 4. The molecular formula is C49H67Cl3N5O9P. The Morgan fingerprint density at radius 3 is 2.15 bits per heavy atom. The van der Waals surface area contributed by atoms with Crippen LogP contribution in [0.2, 0.25) is 15.1 Å². The van der Waals surface area contributed by atoms with Crippen LogP contribution < -0.4 is 10.3 Å². The van der Waals surface area contributed by atoms with Crippen LogP contribution in [0.4, 0.5) is 5.82 Å². The van der Waals surface area contributed by atoms with Crippen molar-refractivity contribution in [3.8, 4) is 11.8 Å². The summed E-state index contributed by atoms with van der Waals surface area (Å²) in [5, 5.41) is 16.2. The first kappa shape index (κ1) is 53.3. The van der Waals surface area contributed by atoms with Gasteiger partial charge in [0.05, 0.1) is 47.2 Å². The molecule has 1 unspecified atom stereocenters. The first-order chi connectivity index (χ1) is 32.4. The SMILES string of the molecule is CCCCCCCCCCCCCCCCCCOC[C@H](COP(=O)(OC[C@H]1O[C@@](C#N)(c2ccc3c(N)ncnn23)[C@@H]2OC(C)(C)O[C@@H]21)Oc1ccccc1Cl)OCc1ccc(Cl)c(Cl)c1. The topological polar surface area (TPSA) is 171 Å². The van der Waals surface area contributed by atoms with Gasteiger partial charge >= 0.3 is 7.82 Å². The van der Waals surface area contributed by atoms with Crippen LogP contribution in [0.1, 0.15) is 135 Å². The number of hydrogen-bond donors (Lipinski definition) is 1. The van der Waals surface area contributed by atoms with E-state index in [1.165, 1.54) is 94.3 Å². The number of ether oxygens (including phenoxy) is 5. The van der Waals surface area contributed by atoms with Crippen molar-refractivity contribution in [2.24, 2.45) is 0 Å². The van der Waals surface area contributed by atoms with Gasteiger partial charge in [0.15, 0.2) is 11.6 Å². The number of unbranched alkanes of at least 4 members (excludes halogenated alkanes) is 15. The molecule has 2 saturated heterocycles. The smallest absolute Gasteiger partial charge is 0.402 e. The molecule has 0 bridgehead atoms. The number of rotatable bonds is 31. The molecule has 2 aliphatic rings. The van der Waals surface area contributed by atoms with Crippen LogP contribution in [0.25, 0.3) is 5.52 Å². The fourth-order valence-corrected chi connectivity index (χ4v) is 10.3. The van der Waals surface area contributed by atoms with Gasteiger partial charge in [-0.2, -0.15) is 10.4 Å². The van der Waals surface area contributed by atoms with Crippen molar-refractivity contribution in [2.45, 2.75) is 166 Å². The van der Waals surface area contributed by atoms with Crippen molar-refractivity contribution < 1.29 is 41.8 Å². The minimum Gasteiger partial charge on any atom is -0.402 e. The summed E-state index contributed by atoms with van der Waals surface area (Å²) < 4.78 is 66.0. The summed E-state index contributed by atoms with van der Waals surface area (Å²) in [7, 11) is -4.55. The van der Waals surface area contributed by atoms with Crippen LogP contribution in [-0.2, 0) is 49.5 Å². The zero-order valence-corrected chi connectivity index (χ0v) is 42.2. The monoisotopic (exact) mass is 1010 g/mol. The molecule has 2 aromatic carbocycles. The molecule has 14 nitrogen and oxygen atoms in total. The highest BCUT2D eigenvalue weighted by molar-refractivity contribution is 7.49. The van der Waals surface area contributed by atoms with Crippen molar-refractivity contribution in [3.05, 3.63) is 87.2 Å². The van der Waals surface area contributed by atoms with Crippen LogP contribution in [0.5, 0.6) is 5.75 Å². The molecule has 0 aliphatic carbocycles. The zero-order chi connectivity index (χ0) is 47.7. The first-order valence-corrected chi connectivity index (χ1v) is 26.5. The van der Waals surface area contributed by atoms with Gasteiger partial charge in [-0.25, -0.2) is 14.1 Å². The van der Waals surface area contributed by atoms with E-state index in [-0.39, 0.29) is 36.4 Å². The molecule has 368 valence electrons. The predicted octanol–water partition coefficient (Wildman–Crippen LogP) is 13.0. The number of aromatic nitrogens is 3. The lowest BCUT2D eigenvalue weighted by molar-refractivity contribution is -0.204. The molecule has 18 heteroatoms. The Kier molecular flexibility index (Phi) is 20.9. The molecule has 2 N–H and O–H groups in total. The predicted molar refractivity (Wildman–Crippen MR) is 260 cm³/mol. The maximum absolute atomic E-state index is 14.8. The van der Waals surface area contributed by atoms with E-state index in [0.29, 0.717) is 27.9 Å². The van der Waals surface area contributed by atoms with E-state index < -0.39 is 50.2 Å². The summed E-state index contributed by atoms with van der Waals surface area (Å²) in [5.74, 6) is -0.831. The van der Waals surface area contributed by atoms with E-state index in [1.807, 2.05) is 6.07 Å². The highest BCUT2D eigenvalue weighted by Gasteiger charge is 2.65. The Bertz CT molecular complexity index is 2250. The Morgan fingerprint density at radius 1 is 0.821 bits per heavy atom. The number of benzene rings is 2. The highest BCUT2D eigenvalue weighted by atomic mass is 35.5. The average Bonchev–Trinajstić information content (AvgIpc) is 3.98. The Labute approximate surface area is 410 Å². The fourth-order valence-electron chi connectivity index (χ4n) is 8.49. The molecule has 4 heterocycles. The molecule has 0 saturated carbocycles. The lowest BCUT2D eigenvalue weighted by Gasteiger charge is -2.29. The van der Waals surface area contributed by atoms with Gasteiger partial charge in [-0.05, 0) is 62.2 Å². The number of phosphoric acid groups is 1. The van der Waals surface area contributed by atoms with Crippen molar-refractivity contribution in [1.29, 1.82) is 5.26 Å². The normalized spacial score (nSPS) is 21.3. The van der Waals surface area contributed by atoms with E-state index in [9.17, 15) is 9.83 Å². The number of fused-ring (bicyclic) bond motifs is 2.